The molecule has 0 aliphatic heterocycles. The van der Waals surface area contributed by atoms with Crippen molar-refractivity contribution in [3.05, 3.63) is 77.6 Å². The van der Waals surface area contributed by atoms with Gasteiger partial charge in [-0.2, -0.15) is 0 Å². The molecular weight excluding hydrogens is 350 g/mol. The molecule has 2 N–H and O–H groups in total. The van der Waals surface area contributed by atoms with Crippen LogP contribution in [0.15, 0.2) is 60.9 Å². The number of carbonyl (C=O) groups excluding carboxylic acids is 1. The number of aryl methyl sites for hydroxylation is 2. The lowest BCUT2D eigenvalue weighted by Crippen LogP contribution is -2.15. The van der Waals surface area contributed by atoms with E-state index in [4.69, 9.17) is 4.74 Å². The number of pyridine rings is 1. The maximum absolute atomic E-state index is 12.9. The minimum Gasteiger partial charge on any atom is -0.497 e. The number of methoxy groups -OCH3 is 1. The van der Waals surface area contributed by atoms with E-state index in [1.165, 1.54) is 0 Å². The first kappa shape index (κ1) is 19.4. The summed E-state index contributed by atoms with van der Waals surface area (Å²) >= 11 is 0. The van der Waals surface area contributed by atoms with Crippen molar-refractivity contribution >= 4 is 23.0 Å². The van der Waals surface area contributed by atoms with Crippen molar-refractivity contribution in [2.75, 3.05) is 17.7 Å². The lowest BCUT2D eigenvalue weighted by molar-refractivity contribution is 0.102. The Bertz CT molecular complexity index is 947. The summed E-state index contributed by atoms with van der Waals surface area (Å²) in [6.45, 7) is 4.18. The number of anilines is 3. The van der Waals surface area contributed by atoms with Gasteiger partial charge in [0.25, 0.3) is 5.91 Å². The number of nitrogens with one attached hydrogen (secondary N) is 2. The van der Waals surface area contributed by atoms with Gasteiger partial charge in [0, 0.05) is 23.6 Å². The molecule has 1 amide bonds. The molecule has 0 bridgehead atoms. The number of benzene rings is 2. The molecule has 28 heavy (non-hydrogen) atoms. The minimum atomic E-state index is -0.169. The summed E-state index contributed by atoms with van der Waals surface area (Å²) in [4.78, 5) is 17.1. The molecule has 5 heteroatoms. The zero-order valence-electron chi connectivity index (χ0n) is 16.5. The number of rotatable bonds is 7. The standard InChI is InChI=1S/C23H25N3O2/c1-4-16-8-6-9-17(5-2)22(16)26-23(27)18-12-20(15-24-14-18)25-19-10-7-11-21(13-19)28-3/h6-15,25H,4-5H2,1-3H3,(H,26,27). The normalized spacial score (nSPS) is 10.4. The number of hydrogen-bond donors (Lipinski definition) is 2. The van der Waals surface area contributed by atoms with Crippen LogP contribution in [-0.4, -0.2) is 18.0 Å². The van der Waals surface area contributed by atoms with Crippen LogP contribution in [-0.2, 0) is 12.8 Å². The second-order valence-corrected chi connectivity index (χ2v) is 6.43. The summed E-state index contributed by atoms with van der Waals surface area (Å²) in [6, 6.07) is 15.5. The van der Waals surface area contributed by atoms with Gasteiger partial charge < -0.3 is 15.4 Å². The van der Waals surface area contributed by atoms with Gasteiger partial charge in [0.15, 0.2) is 0 Å². The van der Waals surface area contributed by atoms with Gasteiger partial charge in [-0.05, 0) is 42.2 Å². The van der Waals surface area contributed by atoms with Crippen molar-refractivity contribution < 1.29 is 9.53 Å². The predicted octanol–water partition coefficient (Wildman–Crippen LogP) is 5.21. The minimum absolute atomic E-state index is 0.169. The Hall–Kier alpha value is -3.34. The highest BCUT2D eigenvalue weighted by atomic mass is 16.5. The highest BCUT2D eigenvalue weighted by Crippen LogP contribution is 2.24. The third-order valence-electron chi connectivity index (χ3n) is 4.60. The Morgan fingerprint density at radius 3 is 2.36 bits per heavy atom. The average Bonchev–Trinajstić information content (AvgIpc) is 2.74. The Morgan fingerprint density at radius 1 is 0.964 bits per heavy atom. The van der Waals surface area contributed by atoms with Crippen molar-refractivity contribution in [2.45, 2.75) is 26.7 Å². The van der Waals surface area contributed by atoms with Crippen LogP contribution < -0.4 is 15.4 Å². The first-order chi connectivity index (χ1) is 13.6. The number of nitrogens with zero attached hydrogens (tertiary/aromatic N) is 1. The first-order valence-corrected chi connectivity index (χ1v) is 9.42. The zero-order chi connectivity index (χ0) is 19.9. The molecule has 0 saturated heterocycles. The van der Waals surface area contributed by atoms with Gasteiger partial charge in [-0.3, -0.25) is 9.78 Å². The molecule has 2 aromatic carbocycles. The topological polar surface area (TPSA) is 63.2 Å². The Kier molecular flexibility index (Phi) is 6.27. The molecule has 5 nitrogen and oxygen atoms in total. The van der Waals surface area contributed by atoms with Crippen LogP contribution in [0.1, 0.15) is 35.3 Å². The molecule has 0 saturated carbocycles. The molecule has 0 spiro atoms. The van der Waals surface area contributed by atoms with Crippen LogP contribution in [0.4, 0.5) is 17.1 Å². The summed E-state index contributed by atoms with van der Waals surface area (Å²) in [5, 5.41) is 6.34. The van der Waals surface area contributed by atoms with Gasteiger partial charge in [0.2, 0.25) is 0 Å². The molecule has 0 unspecified atom stereocenters. The molecule has 0 radical (unpaired) electrons. The monoisotopic (exact) mass is 375 g/mol. The molecule has 0 fully saturated rings. The fourth-order valence-electron chi connectivity index (χ4n) is 3.09. The lowest BCUT2D eigenvalue weighted by Gasteiger charge is -2.15. The van der Waals surface area contributed by atoms with Gasteiger partial charge in [-0.25, -0.2) is 0 Å². The first-order valence-electron chi connectivity index (χ1n) is 9.42. The molecule has 1 heterocycles. The summed E-state index contributed by atoms with van der Waals surface area (Å²) in [5.41, 5.74) is 5.27. The van der Waals surface area contributed by atoms with Gasteiger partial charge in [0.1, 0.15) is 5.75 Å². The van der Waals surface area contributed by atoms with Crippen molar-refractivity contribution in [1.82, 2.24) is 4.98 Å². The SMILES string of the molecule is CCc1cccc(CC)c1NC(=O)c1cncc(Nc2cccc(OC)c2)c1. The van der Waals surface area contributed by atoms with Crippen molar-refractivity contribution in [3.8, 4) is 5.75 Å². The summed E-state index contributed by atoms with van der Waals surface area (Å²) in [7, 11) is 1.63. The van der Waals surface area contributed by atoms with E-state index in [1.54, 1.807) is 25.6 Å². The van der Waals surface area contributed by atoms with Crippen molar-refractivity contribution in [2.24, 2.45) is 0 Å². The van der Waals surface area contributed by atoms with Crippen LogP contribution in [0.2, 0.25) is 0 Å². The summed E-state index contributed by atoms with van der Waals surface area (Å²) in [6.07, 6.45) is 4.98. The smallest absolute Gasteiger partial charge is 0.257 e. The molecule has 0 aliphatic rings. The van der Waals surface area contributed by atoms with Crippen LogP contribution in [0.3, 0.4) is 0 Å². The fraction of sp³-hybridized carbons (Fsp3) is 0.217. The van der Waals surface area contributed by atoms with E-state index in [-0.39, 0.29) is 5.91 Å². The number of amides is 1. The number of ether oxygens (including phenoxy) is 1. The third kappa shape index (κ3) is 4.49. The fourth-order valence-corrected chi connectivity index (χ4v) is 3.09. The third-order valence-corrected chi connectivity index (χ3v) is 4.60. The van der Waals surface area contributed by atoms with Gasteiger partial charge >= 0.3 is 0 Å². The van der Waals surface area contributed by atoms with E-state index in [0.717, 1.165) is 46.8 Å². The maximum atomic E-state index is 12.9. The van der Waals surface area contributed by atoms with E-state index in [9.17, 15) is 4.79 Å². The number of aromatic nitrogens is 1. The molecule has 0 aliphatic carbocycles. The Balaban J connectivity index is 1.81. The second-order valence-electron chi connectivity index (χ2n) is 6.43. The average molecular weight is 375 g/mol. The van der Waals surface area contributed by atoms with Crippen LogP contribution in [0.25, 0.3) is 0 Å². The molecule has 3 aromatic rings. The molecular formula is C23H25N3O2. The highest BCUT2D eigenvalue weighted by Gasteiger charge is 2.13. The number of carbonyl (C=O) groups is 1. The predicted molar refractivity (Wildman–Crippen MR) is 114 cm³/mol. The van der Waals surface area contributed by atoms with Crippen molar-refractivity contribution in [1.29, 1.82) is 0 Å². The largest absolute Gasteiger partial charge is 0.497 e. The van der Waals surface area contributed by atoms with Crippen LogP contribution in [0, 0.1) is 0 Å². The number of para-hydroxylation sites is 1. The van der Waals surface area contributed by atoms with Gasteiger partial charge in [0.05, 0.1) is 24.6 Å². The Morgan fingerprint density at radius 2 is 1.68 bits per heavy atom. The summed E-state index contributed by atoms with van der Waals surface area (Å²) in [5.74, 6) is 0.590. The van der Waals surface area contributed by atoms with Crippen LogP contribution in [0.5, 0.6) is 5.75 Å². The molecule has 1 aromatic heterocycles. The number of hydrogen-bond acceptors (Lipinski definition) is 4. The summed E-state index contributed by atoms with van der Waals surface area (Å²) < 4.78 is 5.24. The Labute approximate surface area is 165 Å². The zero-order valence-corrected chi connectivity index (χ0v) is 16.5. The van der Waals surface area contributed by atoms with E-state index < -0.39 is 0 Å². The van der Waals surface area contributed by atoms with E-state index in [2.05, 4.69) is 29.5 Å². The van der Waals surface area contributed by atoms with E-state index in [0.29, 0.717) is 5.56 Å². The second kappa shape index (κ2) is 9.04. The van der Waals surface area contributed by atoms with Gasteiger partial charge in [-0.15, -0.1) is 0 Å². The lowest BCUT2D eigenvalue weighted by atomic mass is 10.0. The molecule has 0 atom stereocenters. The van der Waals surface area contributed by atoms with Crippen molar-refractivity contribution in [3.63, 3.8) is 0 Å². The quantitative estimate of drug-likeness (QED) is 0.595. The highest BCUT2D eigenvalue weighted by molar-refractivity contribution is 6.05. The maximum Gasteiger partial charge on any atom is 0.257 e. The molecule has 3 rings (SSSR count). The van der Waals surface area contributed by atoms with Crippen LogP contribution >= 0.6 is 0 Å². The van der Waals surface area contributed by atoms with Gasteiger partial charge in [-0.1, -0.05) is 38.1 Å². The molecule has 144 valence electrons. The van der Waals surface area contributed by atoms with E-state index in [1.807, 2.05) is 42.5 Å². The van der Waals surface area contributed by atoms with E-state index >= 15 is 0 Å².